The fraction of sp³-hybridized carbons (Fsp3) is 0. The normalized spacial score (nSPS) is 10.9. The molecule has 1 aromatic heterocycles. The van der Waals surface area contributed by atoms with Gasteiger partial charge in [-0.05, 0) is 98.1 Å². The second kappa shape index (κ2) is 13.2. The van der Waals surface area contributed by atoms with Crippen LogP contribution in [0.25, 0.3) is 78.1 Å². The number of hydrogen-bond acceptors (Lipinski definition) is 1. The maximum atomic E-state index is 5.15. The predicted molar refractivity (Wildman–Crippen MR) is 202 cm³/mol. The van der Waals surface area contributed by atoms with E-state index in [1.807, 2.05) is 12.1 Å². The van der Waals surface area contributed by atoms with E-state index >= 15 is 0 Å². The molecule has 0 N–H and O–H groups in total. The molecule has 0 amide bonds. The largest absolute Gasteiger partial charge is 0.248 e. The lowest BCUT2D eigenvalue weighted by molar-refractivity contribution is 1.32. The SMILES string of the molecule is c1ccc(-c2cccc(-c3cc(-c4cccc(-c5ccccc5)c4)cc(-c4cc(-c5ccccc5)nc(-c5ccccc5)c4)c3)c2)cc1. The molecule has 0 saturated carbocycles. The molecule has 48 heavy (non-hydrogen) atoms. The van der Waals surface area contributed by atoms with Gasteiger partial charge in [-0.2, -0.15) is 0 Å². The van der Waals surface area contributed by atoms with Gasteiger partial charge in [-0.25, -0.2) is 4.98 Å². The van der Waals surface area contributed by atoms with Gasteiger partial charge < -0.3 is 0 Å². The third-order valence-corrected chi connectivity index (χ3v) is 8.84. The van der Waals surface area contributed by atoms with Crippen LogP contribution in [0, 0.1) is 0 Å². The van der Waals surface area contributed by atoms with E-state index in [4.69, 9.17) is 4.98 Å². The Morgan fingerprint density at radius 1 is 0.188 bits per heavy atom. The summed E-state index contributed by atoms with van der Waals surface area (Å²) in [6.07, 6.45) is 0. The van der Waals surface area contributed by atoms with Crippen LogP contribution in [0.5, 0.6) is 0 Å². The van der Waals surface area contributed by atoms with E-state index in [2.05, 4.69) is 188 Å². The number of pyridine rings is 1. The zero-order valence-electron chi connectivity index (χ0n) is 26.5. The van der Waals surface area contributed by atoms with Crippen molar-refractivity contribution in [1.82, 2.24) is 4.98 Å². The predicted octanol–water partition coefficient (Wildman–Crippen LogP) is 12.8. The molecule has 8 aromatic rings. The fourth-order valence-electron chi connectivity index (χ4n) is 6.36. The Kier molecular flexibility index (Phi) is 8.01. The van der Waals surface area contributed by atoms with Gasteiger partial charge in [0.1, 0.15) is 0 Å². The van der Waals surface area contributed by atoms with Crippen LogP contribution in [0.1, 0.15) is 0 Å². The maximum absolute atomic E-state index is 5.15. The first-order valence-electron chi connectivity index (χ1n) is 16.4. The van der Waals surface area contributed by atoms with Crippen LogP contribution < -0.4 is 0 Å². The average molecular weight is 612 g/mol. The van der Waals surface area contributed by atoms with Crippen molar-refractivity contribution >= 4 is 0 Å². The van der Waals surface area contributed by atoms with Crippen LogP contribution in [-0.2, 0) is 0 Å². The van der Waals surface area contributed by atoms with Crippen molar-refractivity contribution in [2.24, 2.45) is 0 Å². The van der Waals surface area contributed by atoms with Gasteiger partial charge in [0.25, 0.3) is 0 Å². The van der Waals surface area contributed by atoms with Crippen LogP contribution in [0.3, 0.4) is 0 Å². The van der Waals surface area contributed by atoms with Gasteiger partial charge in [-0.15, -0.1) is 0 Å². The topological polar surface area (TPSA) is 12.9 Å². The van der Waals surface area contributed by atoms with Gasteiger partial charge in [-0.3, -0.25) is 0 Å². The molecule has 0 fully saturated rings. The minimum atomic E-state index is 0.955. The summed E-state index contributed by atoms with van der Waals surface area (Å²) < 4.78 is 0. The molecule has 8 rings (SSSR count). The molecular weight excluding hydrogens is 579 g/mol. The third-order valence-electron chi connectivity index (χ3n) is 8.84. The van der Waals surface area contributed by atoms with Gasteiger partial charge in [0.15, 0.2) is 0 Å². The highest BCUT2D eigenvalue weighted by Crippen LogP contribution is 2.37. The summed E-state index contributed by atoms with van der Waals surface area (Å²) in [5.74, 6) is 0. The van der Waals surface area contributed by atoms with Crippen LogP contribution in [0.15, 0.2) is 200 Å². The van der Waals surface area contributed by atoms with Crippen molar-refractivity contribution in [3.8, 4) is 78.1 Å². The molecule has 7 aromatic carbocycles. The second-order valence-electron chi connectivity index (χ2n) is 12.1. The first-order valence-corrected chi connectivity index (χ1v) is 16.4. The van der Waals surface area contributed by atoms with E-state index in [-0.39, 0.29) is 0 Å². The second-order valence-corrected chi connectivity index (χ2v) is 12.1. The van der Waals surface area contributed by atoms with Crippen LogP contribution >= 0.6 is 0 Å². The summed E-state index contributed by atoms with van der Waals surface area (Å²) >= 11 is 0. The lowest BCUT2D eigenvalue weighted by Crippen LogP contribution is -1.92. The highest BCUT2D eigenvalue weighted by atomic mass is 14.7. The van der Waals surface area contributed by atoms with E-state index in [0.717, 1.165) is 33.6 Å². The van der Waals surface area contributed by atoms with Gasteiger partial charge in [0.2, 0.25) is 0 Å². The lowest BCUT2D eigenvalue weighted by Gasteiger charge is -2.15. The van der Waals surface area contributed by atoms with Crippen LogP contribution in [0.4, 0.5) is 0 Å². The number of hydrogen-bond donors (Lipinski definition) is 0. The highest BCUT2D eigenvalue weighted by Gasteiger charge is 2.13. The van der Waals surface area contributed by atoms with E-state index < -0.39 is 0 Å². The summed E-state index contributed by atoms with van der Waals surface area (Å²) in [5, 5.41) is 0. The minimum Gasteiger partial charge on any atom is -0.248 e. The van der Waals surface area contributed by atoms with Crippen LogP contribution in [0.2, 0.25) is 0 Å². The van der Waals surface area contributed by atoms with Gasteiger partial charge in [0.05, 0.1) is 11.4 Å². The molecule has 0 saturated heterocycles. The minimum absolute atomic E-state index is 0.955. The van der Waals surface area contributed by atoms with Crippen molar-refractivity contribution in [3.05, 3.63) is 200 Å². The van der Waals surface area contributed by atoms with Crippen molar-refractivity contribution < 1.29 is 0 Å². The Labute approximate surface area is 282 Å². The molecule has 0 unspecified atom stereocenters. The molecule has 0 aliphatic carbocycles. The zero-order valence-corrected chi connectivity index (χ0v) is 26.5. The van der Waals surface area contributed by atoms with Crippen LogP contribution in [-0.4, -0.2) is 4.98 Å². The lowest BCUT2D eigenvalue weighted by atomic mass is 9.90. The average Bonchev–Trinajstić information content (AvgIpc) is 3.19. The van der Waals surface area contributed by atoms with E-state index in [0.29, 0.717) is 0 Å². The Balaban J connectivity index is 1.33. The summed E-state index contributed by atoms with van der Waals surface area (Å²) in [6, 6.07) is 71.3. The number of aromatic nitrogens is 1. The maximum Gasteiger partial charge on any atom is 0.0715 e. The van der Waals surface area contributed by atoms with Crippen molar-refractivity contribution in [3.63, 3.8) is 0 Å². The van der Waals surface area contributed by atoms with Gasteiger partial charge in [-0.1, -0.05) is 158 Å². The molecular formula is C47H33N. The smallest absolute Gasteiger partial charge is 0.0715 e. The molecule has 0 aliphatic rings. The zero-order chi connectivity index (χ0) is 32.1. The molecule has 0 atom stereocenters. The number of benzene rings is 7. The number of rotatable bonds is 7. The van der Waals surface area contributed by atoms with E-state index in [1.54, 1.807) is 0 Å². The molecule has 1 heterocycles. The van der Waals surface area contributed by atoms with Crippen molar-refractivity contribution in [2.45, 2.75) is 0 Å². The first kappa shape index (κ1) is 29.1. The molecule has 0 aliphatic heterocycles. The molecule has 0 bridgehead atoms. The summed E-state index contributed by atoms with van der Waals surface area (Å²) in [6.45, 7) is 0. The Bertz CT molecular complexity index is 2150. The Morgan fingerprint density at radius 2 is 0.438 bits per heavy atom. The Hall–Kier alpha value is -6.31. The summed E-state index contributed by atoms with van der Waals surface area (Å²) in [5.41, 5.74) is 15.9. The standard InChI is InChI=1S/C47H33N/c1-5-15-34(16-6-1)38-23-13-25-40(27-38)42-29-43(41-26-14-24-39(28-41)35-17-7-2-8-18-35)31-44(30-42)45-32-46(36-19-9-3-10-20-36)48-47(33-45)37-21-11-4-12-22-37/h1-33H. The molecule has 1 nitrogen and oxygen atoms in total. The molecule has 0 radical (unpaired) electrons. The molecule has 226 valence electrons. The van der Waals surface area contributed by atoms with E-state index in [1.165, 1.54) is 44.5 Å². The molecule has 0 spiro atoms. The quantitative estimate of drug-likeness (QED) is 0.175. The van der Waals surface area contributed by atoms with Gasteiger partial charge in [0, 0.05) is 11.1 Å². The van der Waals surface area contributed by atoms with Crippen molar-refractivity contribution in [2.75, 3.05) is 0 Å². The monoisotopic (exact) mass is 611 g/mol. The fourth-order valence-corrected chi connectivity index (χ4v) is 6.36. The Morgan fingerprint density at radius 3 is 0.812 bits per heavy atom. The van der Waals surface area contributed by atoms with Crippen molar-refractivity contribution in [1.29, 1.82) is 0 Å². The van der Waals surface area contributed by atoms with E-state index in [9.17, 15) is 0 Å². The third kappa shape index (κ3) is 6.23. The van der Waals surface area contributed by atoms with Gasteiger partial charge >= 0.3 is 0 Å². The highest BCUT2D eigenvalue weighted by molar-refractivity contribution is 5.86. The summed E-state index contributed by atoms with van der Waals surface area (Å²) in [7, 11) is 0. The number of nitrogens with zero attached hydrogens (tertiary/aromatic N) is 1. The summed E-state index contributed by atoms with van der Waals surface area (Å²) in [4.78, 5) is 5.15. The molecule has 1 heteroatoms. The first-order chi connectivity index (χ1) is 23.8.